The molecule has 0 saturated heterocycles. The largest absolute Gasteiger partial charge is 0.459 e. The first kappa shape index (κ1) is 23.2. The maximum absolute atomic E-state index is 13.0. The highest BCUT2D eigenvalue weighted by molar-refractivity contribution is 7.89. The number of benzene rings is 2. The molecule has 0 unspecified atom stereocenters. The molecule has 2 aromatic carbocycles. The summed E-state index contributed by atoms with van der Waals surface area (Å²) >= 11 is 0. The monoisotopic (exact) mass is 483 g/mol. The van der Waals surface area contributed by atoms with Crippen molar-refractivity contribution in [2.24, 2.45) is 5.14 Å². The summed E-state index contributed by atoms with van der Waals surface area (Å²) in [6, 6.07) is 14.8. The molecular weight excluding hydrogens is 462 g/mol. The number of rotatable bonds is 6. The van der Waals surface area contributed by atoms with Gasteiger partial charge >= 0.3 is 5.97 Å². The Kier molecular flexibility index (Phi) is 6.48. The lowest BCUT2D eigenvalue weighted by Gasteiger charge is -2.34. The minimum Gasteiger partial charge on any atom is -0.459 e. The number of carbonyl (C=O) groups excluding carboxylic acids is 3. The Morgan fingerprint density at radius 2 is 1.74 bits per heavy atom. The van der Waals surface area contributed by atoms with Crippen LogP contribution in [0, 0.1) is 0 Å². The smallest absolute Gasteiger partial charge is 0.329 e. The summed E-state index contributed by atoms with van der Waals surface area (Å²) in [6.07, 6.45) is 1.61. The Labute approximate surface area is 195 Å². The predicted molar refractivity (Wildman–Crippen MR) is 120 cm³/mol. The van der Waals surface area contributed by atoms with E-state index in [-0.39, 0.29) is 23.6 Å². The Morgan fingerprint density at radius 3 is 2.38 bits per heavy atom. The average Bonchev–Trinajstić information content (AvgIpc) is 3.36. The van der Waals surface area contributed by atoms with E-state index >= 15 is 0 Å². The third-order valence-corrected chi connectivity index (χ3v) is 6.25. The molecule has 3 N–H and O–H groups in total. The van der Waals surface area contributed by atoms with Crippen molar-refractivity contribution in [3.8, 4) is 0 Å². The summed E-state index contributed by atoms with van der Waals surface area (Å²) in [6.45, 7) is -0.394. The van der Waals surface area contributed by atoms with E-state index < -0.39 is 40.5 Å². The molecule has 0 radical (unpaired) electrons. The fourth-order valence-electron chi connectivity index (χ4n) is 3.65. The van der Waals surface area contributed by atoms with Gasteiger partial charge in [0.15, 0.2) is 12.4 Å². The summed E-state index contributed by atoms with van der Waals surface area (Å²) in [5, 5.41) is 7.55. The van der Waals surface area contributed by atoms with Crippen molar-refractivity contribution < 1.29 is 32.0 Å². The van der Waals surface area contributed by atoms with Gasteiger partial charge in [-0.05, 0) is 47.5 Å². The number of nitrogens with one attached hydrogen (secondary N) is 1. The molecular formula is C23H21N3O7S. The molecule has 0 aliphatic carbocycles. The van der Waals surface area contributed by atoms with Crippen molar-refractivity contribution in [1.29, 1.82) is 0 Å². The van der Waals surface area contributed by atoms with Crippen LogP contribution in [0.1, 0.15) is 21.7 Å². The van der Waals surface area contributed by atoms with E-state index in [2.05, 4.69) is 5.32 Å². The molecule has 3 aromatic rings. The molecule has 1 aliphatic rings. The van der Waals surface area contributed by atoms with Gasteiger partial charge in [-0.3, -0.25) is 9.59 Å². The summed E-state index contributed by atoms with van der Waals surface area (Å²) in [7, 11) is -3.85. The fourth-order valence-corrected chi connectivity index (χ4v) is 4.16. The zero-order valence-electron chi connectivity index (χ0n) is 17.8. The highest BCUT2D eigenvalue weighted by atomic mass is 32.2. The van der Waals surface area contributed by atoms with Crippen LogP contribution in [0.15, 0.2) is 76.2 Å². The quantitative estimate of drug-likeness (QED) is 0.507. The van der Waals surface area contributed by atoms with Gasteiger partial charge in [-0.25, -0.2) is 18.4 Å². The maximum atomic E-state index is 13.0. The number of primary sulfonamides is 1. The second-order valence-corrected chi connectivity index (χ2v) is 9.19. The highest BCUT2D eigenvalue weighted by Crippen LogP contribution is 2.26. The standard InChI is InChI=1S/C23H21N3O7S/c24-34(30,31)18-9-7-17(8-10-18)25-21(27)14-33-23(29)19-12-15-4-1-2-5-16(15)13-26(19)22(28)20-6-3-11-32-20/h1-11,19H,12-14H2,(H,25,27)(H2,24,30,31)/t19-/m0/s1. The van der Waals surface area contributed by atoms with Crippen LogP contribution < -0.4 is 10.5 Å². The van der Waals surface area contributed by atoms with Gasteiger partial charge in [0.25, 0.3) is 11.8 Å². The highest BCUT2D eigenvalue weighted by Gasteiger charge is 2.37. The number of anilines is 1. The number of carbonyl (C=O) groups is 3. The van der Waals surface area contributed by atoms with Crippen molar-refractivity contribution in [1.82, 2.24) is 4.90 Å². The minimum absolute atomic E-state index is 0.0952. The Morgan fingerprint density at radius 1 is 1.03 bits per heavy atom. The third-order valence-electron chi connectivity index (χ3n) is 5.33. The SMILES string of the molecule is NS(=O)(=O)c1ccc(NC(=O)COC(=O)[C@@H]2Cc3ccccc3CN2C(=O)c2ccco2)cc1. The fraction of sp³-hybridized carbons (Fsp3) is 0.174. The number of esters is 1. The number of fused-ring (bicyclic) bond motifs is 1. The van der Waals surface area contributed by atoms with Crippen molar-refractivity contribution in [3.05, 3.63) is 83.8 Å². The summed E-state index contributed by atoms with van der Waals surface area (Å²) in [5.41, 5.74) is 2.12. The van der Waals surface area contributed by atoms with Gasteiger partial charge in [-0.15, -0.1) is 0 Å². The van der Waals surface area contributed by atoms with Crippen LogP contribution >= 0.6 is 0 Å². The van der Waals surface area contributed by atoms with E-state index in [0.29, 0.717) is 5.69 Å². The Hall–Kier alpha value is -3.96. The lowest BCUT2D eigenvalue weighted by molar-refractivity contribution is -0.152. The van der Waals surface area contributed by atoms with Gasteiger partial charge in [0.05, 0.1) is 11.2 Å². The first-order valence-corrected chi connectivity index (χ1v) is 11.8. The van der Waals surface area contributed by atoms with Crippen molar-refractivity contribution in [2.75, 3.05) is 11.9 Å². The molecule has 1 aromatic heterocycles. The van der Waals surface area contributed by atoms with E-state index in [4.69, 9.17) is 14.3 Å². The number of nitrogens with two attached hydrogens (primary N) is 1. The zero-order chi connectivity index (χ0) is 24.3. The average molecular weight is 484 g/mol. The third kappa shape index (κ3) is 5.16. The van der Waals surface area contributed by atoms with Gasteiger partial charge < -0.3 is 19.4 Å². The molecule has 1 atom stereocenters. The second-order valence-electron chi connectivity index (χ2n) is 7.62. The van der Waals surface area contributed by atoms with E-state index in [0.717, 1.165) is 11.1 Å². The predicted octanol–water partition coefficient (Wildman–Crippen LogP) is 1.68. The number of hydrogen-bond acceptors (Lipinski definition) is 7. The van der Waals surface area contributed by atoms with Gasteiger partial charge in [-0.2, -0.15) is 0 Å². The maximum Gasteiger partial charge on any atom is 0.329 e. The summed E-state index contributed by atoms with van der Waals surface area (Å²) in [4.78, 5) is 39.4. The van der Waals surface area contributed by atoms with E-state index in [1.165, 1.54) is 41.5 Å². The topological polar surface area (TPSA) is 149 Å². The van der Waals surface area contributed by atoms with Gasteiger partial charge in [-0.1, -0.05) is 24.3 Å². The number of hydrogen-bond donors (Lipinski definition) is 2. The van der Waals surface area contributed by atoms with E-state index in [9.17, 15) is 22.8 Å². The van der Waals surface area contributed by atoms with Gasteiger partial charge in [0.2, 0.25) is 10.0 Å². The normalized spacial score (nSPS) is 15.3. The summed E-state index contributed by atoms with van der Waals surface area (Å²) in [5.74, 6) is -1.72. The van der Waals surface area contributed by atoms with Crippen LogP contribution in [0.3, 0.4) is 0 Å². The molecule has 176 valence electrons. The van der Waals surface area contributed by atoms with Crippen LogP contribution in [0.25, 0.3) is 0 Å². The lowest BCUT2D eigenvalue weighted by Crippen LogP contribution is -2.49. The molecule has 0 fully saturated rings. The molecule has 34 heavy (non-hydrogen) atoms. The van der Waals surface area contributed by atoms with Crippen molar-refractivity contribution >= 4 is 33.5 Å². The zero-order valence-corrected chi connectivity index (χ0v) is 18.7. The first-order valence-electron chi connectivity index (χ1n) is 10.2. The van der Waals surface area contributed by atoms with Crippen LogP contribution in [0.2, 0.25) is 0 Å². The second kappa shape index (κ2) is 9.49. The molecule has 4 rings (SSSR count). The number of sulfonamides is 1. The number of ether oxygens (including phenoxy) is 1. The van der Waals surface area contributed by atoms with Gasteiger partial charge in [0, 0.05) is 18.7 Å². The van der Waals surface area contributed by atoms with Crippen molar-refractivity contribution in [3.63, 3.8) is 0 Å². The molecule has 2 heterocycles. The number of furan rings is 1. The van der Waals surface area contributed by atoms with Gasteiger partial charge in [0.1, 0.15) is 6.04 Å². The molecule has 2 amide bonds. The molecule has 0 saturated carbocycles. The molecule has 11 heteroatoms. The van der Waals surface area contributed by atoms with Crippen LogP contribution in [0.5, 0.6) is 0 Å². The molecule has 10 nitrogen and oxygen atoms in total. The number of nitrogens with zero attached hydrogens (tertiary/aromatic N) is 1. The van der Waals surface area contributed by atoms with Crippen molar-refractivity contribution in [2.45, 2.75) is 23.9 Å². The lowest BCUT2D eigenvalue weighted by atomic mass is 9.93. The Bertz CT molecular complexity index is 1320. The minimum atomic E-state index is -3.85. The van der Waals surface area contributed by atoms with Crippen LogP contribution in [-0.4, -0.2) is 43.8 Å². The summed E-state index contributed by atoms with van der Waals surface area (Å²) < 4.78 is 33.1. The first-order chi connectivity index (χ1) is 16.2. The van der Waals surface area contributed by atoms with Crippen LogP contribution in [-0.2, 0) is 37.3 Å². The molecule has 1 aliphatic heterocycles. The number of amides is 2. The Balaban J connectivity index is 1.43. The molecule has 0 bridgehead atoms. The van der Waals surface area contributed by atoms with E-state index in [1.807, 2.05) is 24.3 Å². The van der Waals surface area contributed by atoms with E-state index in [1.54, 1.807) is 6.07 Å². The van der Waals surface area contributed by atoms with Crippen LogP contribution in [0.4, 0.5) is 5.69 Å². The molecule has 0 spiro atoms.